The number of halogens is 1. The van der Waals surface area contributed by atoms with E-state index in [-0.39, 0.29) is 30.1 Å². The minimum atomic E-state index is -0.336. The van der Waals surface area contributed by atoms with E-state index in [4.69, 9.17) is 0 Å². The van der Waals surface area contributed by atoms with Crippen LogP contribution < -0.4 is 4.90 Å². The van der Waals surface area contributed by atoms with E-state index in [2.05, 4.69) is 0 Å². The Bertz CT molecular complexity index is 983. The van der Waals surface area contributed by atoms with Gasteiger partial charge in [-0.1, -0.05) is 24.3 Å². The molecular formula is C23H23FN2O2. The number of hydrogen-bond donors (Lipinski definition) is 0. The zero-order chi connectivity index (χ0) is 19.8. The molecule has 2 aromatic carbocycles. The third kappa shape index (κ3) is 3.21. The number of rotatable bonds is 2. The second kappa shape index (κ2) is 7.23. The number of fused-ring (bicyclic) bond motifs is 2. The number of carbonyl (C=O) groups excluding carboxylic acids is 2. The van der Waals surface area contributed by atoms with Crippen LogP contribution in [0.5, 0.6) is 0 Å². The van der Waals surface area contributed by atoms with E-state index in [0.29, 0.717) is 6.54 Å². The standard InChI is InChI=1S/C23H23FN2O2/c1-15-12-19(24)13-18-7-5-10-26(23(15)18)22(28)14-21-20-8-4-3-6-17(20)9-11-25(21)16(2)27/h3-4,6,8-9,11-13,21H,5,7,10,14H2,1-2H3. The van der Waals surface area contributed by atoms with Gasteiger partial charge in [-0.15, -0.1) is 0 Å². The summed E-state index contributed by atoms with van der Waals surface area (Å²) >= 11 is 0. The van der Waals surface area contributed by atoms with E-state index in [0.717, 1.165) is 40.8 Å². The fraction of sp³-hybridized carbons (Fsp3) is 0.304. The van der Waals surface area contributed by atoms with Crippen molar-refractivity contribution in [3.63, 3.8) is 0 Å². The molecule has 2 amide bonds. The highest BCUT2D eigenvalue weighted by Crippen LogP contribution is 2.36. The molecule has 2 aliphatic rings. The third-order valence-corrected chi connectivity index (χ3v) is 5.58. The van der Waals surface area contributed by atoms with Crippen molar-refractivity contribution in [3.05, 3.63) is 70.7 Å². The Balaban J connectivity index is 1.67. The maximum Gasteiger partial charge on any atom is 0.229 e. The monoisotopic (exact) mass is 378 g/mol. The number of aryl methyl sites for hydroxylation is 2. The molecule has 0 radical (unpaired) electrons. The van der Waals surface area contributed by atoms with E-state index < -0.39 is 0 Å². The van der Waals surface area contributed by atoms with Crippen LogP contribution in [-0.2, 0) is 16.0 Å². The predicted octanol–water partition coefficient (Wildman–Crippen LogP) is 4.38. The Morgan fingerprint density at radius 2 is 2.00 bits per heavy atom. The summed E-state index contributed by atoms with van der Waals surface area (Å²) < 4.78 is 13.8. The second-order valence-electron chi connectivity index (χ2n) is 7.47. The molecule has 0 saturated heterocycles. The van der Waals surface area contributed by atoms with Gasteiger partial charge in [0.15, 0.2) is 0 Å². The van der Waals surface area contributed by atoms with Gasteiger partial charge in [-0.05, 0) is 60.2 Å². The summed E-state index contributed by atoms with van der Waals surface area (Å²) in [6, 6.07) is 10.5. The van der Waals surface area contributed by atoms with Gasteiger partial charge in [0.1, 0.15) is 5.82 Å². The van der Waals surface area contributed by atoms with Gasteiger partial charge in [-0.2, -0.15) is 0 Å². The molecule has 0 aliphatic carbocycles. The lowest BCUT2D eigenvalue weighted by Gasteiger charge is -2.36. The molecule has 0 N–H and O–H groups in total. The highest BCUT2D eigenvalue weighted by Gasteiger charge is 2.32. The van der Waals surface area contributed by atoms with Gasteiger partial charge in [0.2, 0.25) is 11.8 Å². The molecule has 4 nitrogen and oxygen atoms in total. The van der Waals surface area contributed by atoms with Crippen molar-refractivity contribution in [1.82, 2.24) is 4.90 Å². The lowest BCUT2D eigenvalue weighted by Crippen LogP contribution is -2.40. The van der Waals surface area contributed by atoms with E-state index in [9.17, 15) is 14.0 Å². The van der Waals surface area contributed by atoms with E-state index in [1.165, 1.54) is 19.1 Å². The maximum atomic E-state index is 13.8. The number of hydrogen-bond acceptors (Lipinski definition) is 2. The van der Waals surface area contributed by atoms with Gasteiger partial charge in [0.05, 0.1) is 12.5 Å². The van der Waals surface area contributed by atoms with Crippen LogP contribution in [-0.4, -0.2) is 23.3 Å². The van der Waals surface area contributed by atoms with Gasteiger partial charge in [-0.25, -0.2) is 4.39 Å². The van der Waals surface area contributed by atoms with E-state index >= 15 is 0 Å². The Hall–Kier alpha value is -2.95. The lowest BCUT2D eigenvalue weighted by molar-refractivity contribution is -0.129. The number of nitrogens with zero attached hydrogens (tertiary/aromatic N) is 2. The van der Waals surface area contributed by atoms with Gasteiger partial charge < -0.3 is 9.80 Å². The summed E-state index contributed by atoms with van der Waals surface area (Å²) in [6.45, 7) is 3.97. The minimum absolute atomic E-state index is 0.0444. The Morgan fingerprint density at radius 3 is 2.79 bits per heavy atom. The molecule has 0 bridgehead atoms. The van der Waals surface area contributed by atoms with Gasteiger partial charge >= 0.3 is 0 Å². The molecule has 0 spiro atoms. The predicted molar refractivity (Wildman–Crippen MR) is 107 cm³/mol. The van der Waals surface area contributed by atoms with Crippen molar-refractivity contribution in [2.45, 2.75) is 39.2 Å². The van der Waals surface area contributed by atoms with Crippen LogP contribution in [0.4, 0.5) is 10.1 Å². The molecule has 5 heteroatoms. The summed E-state index contributed by atoms with van der Waals surface area (Å²) in [5.74, 6) is -0.405. The van der Waals surface area contributed by atoms with Crippen molar-refractivity contribution in [2.75, 3.05) is 11.4 Å². The fourth-order valence-electron chi connectivity index (χ4n) is 4.36. The summed E-state index contributed by atoms with van der Waals surface area (Å²) in [5.41, 5.74) is 4.48. The summed E-state index contributed by atoms with van der Waals surface area (Å²) in [5, 5.41) is 0. The quantitative estimate of drug-likeness (QED) is 0.778. The van der Waals surface area contributed by atoms with E-state index in [1.54, 1.807) is 16.0 Å². The molecule has 1 unspecified atom stereocenters. The molecule has 2 heterocycles. The van der Waals surface area contributed by atoms with Crippen molar-refractivity contribution < 1.29 is 14.0 Å². The largest absolute Gasteiger partial charge is 0.312 e. The maximum absolute atomic E-state index is 13.8. The first kappa shape index (κ1) is 18.4. The first-order chi connectivity index (χ1) is 13.5. The Labute approximate surface area is 164 Å². The van der Waals surface area contributed by atoms with Crippen molar-refractivity contribution >= 4 is 23.6 Å². The molecule has 0 fully saturated rings. The lowest BCUT2D eigenvalue weighted by atomic mass is 9.92. The summed E-state index contributed by atoms with van der Waals surface area (Å²) in [7, 11) is 0. The Morgan fingerprint density at radius 1 is 1.21 bits per heavy atom. The average molecular weight is 378 g/mol. The van der Waals surface area contributed by atoms with Gasteiger partial charge in [-0.3, -0.25) is 9.59 Å². The first-order valence-corrected chi connectivity index (χ1v) is 9.61. The topological polar surface area (TPSA) is 40.6 Å². The number of carbonyl (C=O) groups is 2. The molecule has 0 saturated carbocycles. The summed E-state index contributed by atoms with van der Waals surface area (Å²) in [4.78, 5) is 28.9. The van der Waals surface area contributed by atoms with Gasteiger partial charge in [0, 0.05) is 25.4 Å². The van der Waals surface area contributed by atoms with Crippen LogP contribution in [0, 0.1) is 12.7 Å². The van der Waals surface area contributed by atoms with Crippen LogP contribution in [0.3, 0.4) is 0 Å². The fourth-order valence-corrected chi connectivity index (χ4v) is 4.36. The molecular weight excluding hydrogens is 355 g/mol. The molecule has 2 aliphatic heterocycles. The molecule has 2 aromatic rings. The normalized spacial score (nSPS) is 17.9. The number of anilines is 1. The zero-order valence-electron chi connectivity index (χ0n) is 16.1. The van der Waals surface area contributed by atoms with Gasteiger partial charge in [0.25, 0.3) is 0 Å². The first-order valence-electron chi connectivity index (χ1n) is 9.61. The molecule has 1 atom stereocenters. The minimum Gasteiger partial charge on any atom is -0.312 e. The number of benzene rings is 2. The zero-order valence-corrected chi connectivity index (χ0v) is 16.1. The van der Waals surface area contributed by atoms with Crippen LogP contribution in [0.1, 0.15) is 48.1 Å². The Kier molecular flexibility index (Phi) is 4.75. The van der Waals surface area contributed by atoms with Crippen molar-refractivity contribution in [1.29, 1.82) is 0 Å². The van der Waals surface area contributed by atoms with Crippen molar-refractivity contribution in [2.24, 2.45) is 0 Å². The molecule has 4 rings (SSSR count). The number of amides is 2. The van der Waals surface area contributed by atoms with Crippen LogP contribution in [0.15, 0.2) is 42.6 Å². The SMILES string of the molecule is CC(=O)N1C=Cc2ccccc2C1CC(=O)N1CCCc2cc(F)cc(C)c21. The highest BCUT2D eigenvalue weighted by molar-refractivity contribution is 5.96. The van der Waals surface area contributed by atoms with Crippen LogP contribution in [0.2, 0.25) is 0 Å². The van der Waals surface area contributed by atoms with Crippen molar-refractivity contribution in [3.8, 4) is 0 Å². The second-order valence-corrected chi connectivity index (χ2v) is 7.47. The molecule has 0 aromatic heterocycles. The average Bonchev–Trinajstić information content (AvgIpc) is 2.67. The smallest absolute Gasteiger partial charge is 0.229 e. The van der Waals surface area contributed by atoms with Crippen LogP contribution >= 0.6 is 0 Å². The van der Waals surface area contributed by atoms with E-state index in [1.807, 2.05) is 37.3 Å². The molecule has 144 valence electrons. The highest BCUT2D eigenvalue weighted by atomic mass is 19.1. The third-order valence-electron chi connectivity index (χ3n) is 5.58. The van der Waals surface area contributed by atoms with Crippen LogP contribution in [0.25, 0.3) is 6.08 Å². The summed E-state index contributed by atoms with van der Waals surface area (Å²) in [6.07, 6.45) is 5.43. The molecule has 28 heavy (non-hydrogen) atoms.